The molecule has 0 bridgehead atoms. The number of thiol groups is 1. The first kappa shape index (κ1) is 19.7. The summed E-state index contributed by atoms with van der Waals surface area (Å²) in [6.45, 7) is 4.67. The number of anilines is 1. The topological polar surface area (TPSA) is 63.7 Å². The lowest BCUT2D eigenvalue weighted by Crippen LogP contribution is -2.40. The number of hydrogen-bond donors (Lipinski definition) is 1. The fraction of sp³-hybridized carbons (Fsp3) is 0.471. The minimum atomic E-state index is -2.99. The summed E-state index contributed by atoms with van der Waals surface area (Å²) in [5, 5.41) is 0.0347. The van der Waals surface area contributed by atoms with Crippen LogP contribution in [0.5, 0.6) is 0 Å². The molecule has 1 aromatic rings. The van der Waals surface area contributed by atoms with Crippen LogP contribution in [0.1, 0.15) is 33.1 Å². The minimum Gasteiger partial charge on any atom is -0.468 e. The van der Waals surface area contributed by atoms with Crippen LogP contribution in [0.2, 0.25) is 5.02 Å². The van der Waals surface area contributed by atoms with Crippen molar-refractivity contribution in [1.82, 2.24) is 0 Å². The standard InChI is InChI=1S/C17H21ClFNO4S/c1-17(2)7-5-15(12(10-17)6-8-24-11-21)20(25(22)23)16-4-3-13(19)9-14(16)18/h3-4,9-11,15,25H,5-8H2,1-2H3. The molecule has 0 N–H and O–H groups in total. The molecule has 1 unspecified atom stereocenters. The van der Waals surface area contributed by atoms with Gasteiger partial charge in [-0.3, -0.25) is 9.10 Å². The molecule has 0 aliphatic heterocycles. The van der Waals surface area contributed by atoms with Gasteiger partial charge in [-0.05, 0) is 42.0 Å². The maximum atomic E-state index is 13.3. The van der Waals surface area contributed by atoms with E-state index in [0.717, 1.165) is 18.1 Å². The van der Waals surface area contributed by atoms with Crippen molar-refractivity contribution >= 4 is 34.7 Å². The van der Waals surface area contributed by atoms with Crippen LogP contribution in [0.4, 0.5) is 10.1 Å². The highest BCUT2D eigenvalue weighted by atomic mass is 35.5. The SMILES string of the molecule is CC1(C)C=C(CCOC=O)C(N(c2ccc(F)cc2Cl)[SH](=O)=O)CC1. The smallest absolute Gasteiger partial charge is 0.293 e. The molecule has 0 heterocycles. The van der Waals surface area contributed by atoms with Crippen molar-refractivity contribution in [1.29, 1.82) is 0 Å². The summed E-state index contributed by atoms with van der Waals surface area (Å²) in [6.07, 6.45) is 3.83. The lowest BCUT2D eigenvalue weighted by molar-refractivity contribution is -0.128. The van der Waals surface area contributed by atoms with Gasteiger partial charge in [-0.15, -0.1) is 0 Å². The lowest BCUT2D eigenvalue weighted by atomic mass is 9.76. The van der Waals surface area contributed by atoms with Crippen LogP contribution in [0, 0.1) is 11.2 Å². The van der Waals surface area contributed by atoms with Gasteiger partial charge in [0, 0.05) is 6.42 Å². The van der Waals surface area contributed by atoms with E-state index in [0.29, 0.717) is 19.3 Å². The van der Waals surface area contributed by atoms with E-state index < -0.39 is 22.7 Å². The van der Waals surface area contributed by atoms with E-state index >= 15 is 0 Å². The van der Waals surface area contributed by atoms with Crippen LogP contribution in [-0.4, -0.2) is 27.5 Å². The highest BCUT2D eigenvalue weighted by Crippen LogP contribution is 2.39. The van der Waals surface area contributed by atoms with Crippen molar-refractivity contribution in [2.24, 2.45) is 5.41 Å². The van der Waals surface area contributed by atoms with E-state index in [1.54, 1.807) is 0 Å². The number of carbonyl (C=O) groups excluding carboxylic acids is 1. The van der Waals surface area contributed by atoms with Crippen LogP contribution in [0.15, 0.2) is 29.8 Å². The van der Waals surface area contributed by atoms with Gasteiger partial charge < -0.3 is 4.74 Å². The Morgan fingerprint density at radius 1 is 1.44 bits per heavy atom. The Balaban J connectivity index is 2.42. The number of ether oxygens (including phenoxy) is 1. The van der Waals surface area contributed by atoms with Crippen molar-refractivity contribution < 1.29 is 22.3 Å². The van der Waals surface area contributed by atoms with Gasteiger partial charge >= 0.3 is 0 Å². The highest BCUT2D eigenvalue weighted by Gasteiger charge is 2.33. The van der Waals surface area contributed by atoms with Crippen LogP contribution in [0.25, 0.3) is 0 Å². The van der Waals surface area contributed by atoms with Gasteiger partial charge in [0.1, 0.15) is 5.82 Å². The zero-order valence-corrected chi connectivity index (χ0v) is 15.7. The van der Waals surface area contributed by atoms with Gasteiger partial charge in [0.15, 0.2) is 0 Å². The van der Waals surface area contributed by atoms with Gasteiger partial charge in [0.2, 0.25) is 10.9 Å². The predicted octanol–water partition coefficient (Wildman–Crippen LogP) is 3.49. The summed E-state index contributed by atoms with van der Waals surface area (Å²) in [4.78, 5) is 10.4. The van der Waals surface area contributed by atoms with Gasteiger partial charge in [-0.2, -0.15) is 0 Å². The maximum Gasteiger partial charge on any atom is 0.293 e. The van der Waals surface area contributed by atoms with Gasteiger partial charge in [0.25, 0.3) is 6.47 Å². The van der Waals surface area contributed by atoms with E-state index in [1.807, 2.05) is 6.08 Å². The monoisotopic (exact) mass is 389 g/mol. The molecule has 1 atom stereocenters. The molecule has 0 aromatic heterocycles. The number of hydrogen-bond acceptors (Lipinski definition) is 4. The first-order valence-electron chi connectivity index (χ1n) is 7.90. The van der Waals surface area contributed by atoms with E-state index in [-0.39, 0.29) is 22.7 Å². The maximum absolute atomic E-state index is 13.3. The Hall–Kier alpha value is -1.60. The fourth-order valence-electron chi connectivity index (χ4n) is 3.14. The third-order valence-corrected chi connectivity index (χ3v) is 5.42. The number of rotatable bonds is 7. The van der Waals surface area contributed by atoms with Gasteiger partial charge in [0.05, 0.1) is 23.4 Å². The number of allylic oxidation sites excluding steroid dienone is 1. The summed E-state index contributed by atoms with van der Waals surface area (Å²) in [5.74, 6) is -0.533. The molecule has 0 spiro atoms. The molecule has 25 heavy (non-hydrogen) atoms. The third-order valence-electron chi connectivity index (χ3n) is 4.27. The van der Waals surface area contributed by atoms with Crippen molar-refractivity contribution in [2.75, 3.05) is 10.9 Å². The molecule has 5 nitrogen and oxygen atoms in total. The van der Waals surface area contributed by atoms with E-state index in [2.05, 4.69) is 13.8 Å². The normalized spacial score (nSPS) is 19.4. The zero-order valence-electron chi connectivity index (χ0n) is 14.1. The second-order valence-corrected chi connectivity index (χ2v) is 7.97. The molecule has 2 rings (SSSR count). The summed E-state index contributed by atoms with van der Waals surface area (Å²) >= 11 is 6.08. The fourth-order valence-corrected chi connectivity index (χ4v) is 4.30. The Kier molecular flexibility index (Phi) is 6.46. The highest BCUT2D eigenvalue weighted by molar-refractivity contribution is 7.74. The quantitative estimate of drug-likeness (QED) is 0.335. The predicted molar refractivity (Wildman–Crippen MR) is 95.7 cm³/mol. The summed E-state index contributed by atoms with van der Waals surface area (Å²) < 4.78 is 43.2. The van der Waals surface area contributed by atoms with Gasteiger partial charge in [-0.1, -0.05) is 31.5 Å². The molecular weight excluding hydrogens is 369 g/mol. The van der Waals surface area contributed by atoms with Crippen LogP contribution in [-0.2, 0) is 20.4 Å². The molecule has 138 valence electrons. The summed E-state index contributed by atoms with van der Waals surface area (Å²) in [5.41, 5.74) is 1.02. The van der Waals surface area contributed by atoms with Crippen LogP contribution >= 0.6 is 11.6 Å². The average Bonchev–Trinajstić information content (AvgIpc) is 2.51. The van der Waals surface area contributed by atoms with Crippen LogP contribution in [0.3, 0.4) is 0 Å². The molecule has 1 aliphatic carbocycles. The van der Waals surface area contributed by atoms with Crippen molar-refractivity contribution in [3.05, 3.63) is 40.7 Å². The van der Waals surface area contributed by atoms with E-state index in [1.165, 1.54) is 16.4 Å². The second-order valence-electron chi connectivity index (χ2n) is 6.66. The molecule has 0 saturated carbocycles. The molecule has 8 heteroatoms. The average molecular weight is 390 g/mol. The summed E-state index contributed by atoms with van der Waals surface area (Å²) in [7, 11) is -2.99. The Labute approximate surface area is 153 Å². The summed E-state index contributed by atoms with van der Waals surface area (Å²) in [6, 6.07) is 3.20. The van der Waals surface area contributed by atoms with Crippen molar-refractivity contribution in [2.45, 2.75) is 39.2 Å². The molecule has 0 amide bonds. The number of halogens is 2. The lowest BCUT2D eigenvalue weighted by Gasteiger charge is -2.38. The number of nitrogens with zero attached hydrogens (tertiary/aromatic N) is 1. The number of carbonyl (C=O) groups is 1. The zero-order chi connectivity index (χ0) is 18.6. The van der Waals surface area contributed by atoms with Crippen molar-refractivity contribution in [3.8, 4) is 0 Å². The largest absolute Gasteiger partial charge is 0.468 e. The van der Waals surface area contributed by atoms with E-state index in [4.69, 9.17) is 16.3 Å². The first-order valence-corrected chi connectivity index (χ1v) is 9.41. The molecule has 0 fully saturated rings. The molecule has 1 aromatic carbocycles. The second kappa shape index (κ2) is 8.19. The van der Waals surface area contributed by atoms with Crippen LogP contribution < -0.4 is 4.31 Å². The number of benzene rings is 1. The van der Waals surface area contributed by atoms with Gasteiger partial charge in [-0.25, -0.2) is 12.8 Å². The third kappa shape index (κ3) is 4.95. The Morgan fingerprint density at radius 3 is 2.76 bits per heavy atom. The Bertz CT molecular complexity index is 740. The molecule has 0 saturated heterocycles. The molecule has 0 radical (unpaired) electrons. The minimum absolute atomic E-state index is 0.0347. The Morgan fingerprint density at radius 2 is 2.16 bits per heavy atom. The first-order chi connectivity index (χ1) is 11.7. The molecular formula is C17H21ClFNO4S. The molecule has 1 aliphatic rings. The van der Waals surface area contributed by atoms with E-state index in [9.17, 15) is 17.6 Å². The van der Waals surface area contributed by atoms with Crippen molar-refractivity contribution in [3.63, 3.8) is 0 Å².